The van der Waals surface area contributed by atoms with E-state index in [9.17, 15) is 4.79 Å². The van der Waals surface area contributed by atoms with Crippen molar-refractivity contribution in [2.75, 3.05) is 18.8 Å². The Bertz CT molecular complexity index is 412. The van der Waals surface area contributed by atoms with Crippen LogP contribution in [0.15, 0.2) is 18.2 Å². The van der Waals surface area contributed by atoms with Gasteiger partial charge in [-0.2, -0.15) is 0 Å². The maximum absolute atomic E-state index is 11.1. The van der Waals surface area contributed by atoms with Crippen LogP contribution in [-0.4, -0.2) is 29.1 Å². The molecule has 0 aromatic heterocycles. The molecule has 0 radical (unpaired) electrons. The molecule has 2 rings (SSSR count). The summed E-state index contributed by atoms with van der Waals surface area (Å²) in [5.41, 5.74) is 7.55. The highest BCUT2D eigenvalue weighted by molar-refractivity contribution is 5.91. The smallest absolute Gasteiger partial charge is 0.336 e. The lowest BCUT2D eigenvalue weighted by molar-refractivity contribution is 0.0694. The SMILES string of the molecule is Nc1cccc(C(=O)O)c1CN1CCCCC1. The van der Waals surface area contributed by atoms with Gasteiger partial charge in [-0.1, -0.05) is 12.5 Å². The molecule has 92 valence electrons. The van der Waals surface area contributed by atoms with Gasteiger partial charge in [0.2, 0.25) is 0 Å². The van der Waals surface area contributed by atoms with E-state index in [0.29, 0.717) is 17.8 Å². The molecule has 3 N–H and O–H groups in total. The van der Waals surface area contributed by atoms with E-state index in [4.69, 9.17) is 10.8 Å². The van der Waals surface area contributed by atoms with Crippen LogP contribution in [0, 0.1) is 0 Å². The Morgan fingerprint density at radius 3 is 2.65 bits per heavy atom. The molecule has 0 bridgehead atoms. The summed E-state index contributed by atoms with van der Waals surface area (Å²) in [5, 5.41) is 9.15. The topological polar surface area (TPSA) is 66.6 Å². The van der Waals surface area contributed by atoms with Crippen molar-refractivity contribution in [2.24, 2.45) is 0 Å². The van der Waals surface area contributed by atoms with E-state index < -0.39 is 5.97 Å². The highest BCUT2D eigenvalue weighted by Gasteiger charge is 2.17. The number of hydrogen-bond acceptors (Lipinski definition) is 3. The lowest BCUT2D eigenvalue weighted by Crippen LogP contribution is -2.30. The molecule has 1 heterocycles. The lowest BCUT2D eigenvalue weighted by atomic mass is 10.0. The summed E-state index contributed by atoms with van der Waals surface area (Å²) in [5.74, 6) is -0.899. The Balaban J connectivity index is 2.21. The van der Waals surface area contributed by atoms with Crippen LogP contribution in [0.1, 0.15) is 35.2 Å². The predicted molar refractivity (Wildman–Crippen MR) is 66.9 cm³/mol. The molecular weight excluding hydrogens is 216 g/mol. The second-order valence-electron chi connectivity index (χ2n) is 4.52. The molecule has 0 unspecified atom stereocenters. The molecule has 1 saturated heterocycles. The second kappa shape index (κ2) is 5.19. The van der Waals surface area contributed by atoms with Gasteiger partial charge >= 0.3 is 5.97 Å². The zero-order chi connectivity index (χ0) is 12.3. The van der Waals surface area contributed by atoms with Crippen LogP contribution in [0.5, 0.6) is 0 Å². The van der Waals surface area contributed by atoms with Crippen molar-refractivity contribution in [1.82, 2.24) is 4.90 Å². The molecule has 4 heteroatoms. The summed E-state index contributed by atoms with van der Waals surface area (Å²) in [4.78, 5) is 13.4. The van der Waals surface area contributed by atoms with E-state index in [1.54, 1.807) is 18.2 Å². The van der Waals surface area contributed by atoms with Gasteiger partial charge in [-0.25, -0.2) is 4.79 Å². The van der Waals surface area contributed by atoms with Gasteiger partial charge in [0.1, 0.15) is 0 Å². The number of anilines is 1. The maximum Gasteiger partial charge on any atom is 0.336 e. The van der Waals surface area contributed by atoms with Crippen LogP contribution in [0.25, 0.3) is 0 Å². The maximum atomic E-state index is 11.1. The van der Waals surface area contributed by atoms with Crippen LogP contribution in [0.4, 0.5) is 5.69 Å². The van der Waals surface area contributed by atoms with Crippen LogP contribution >= 0.6 is 0 Å². The zero-order valence-electron chi connectivity index (χ0n) is 9.85. The summed E-state index contributed by atoms with van der Waals surface area (Å²) >= 11 is 0. The van der Waals surface area contributed by atoms with Gasteiger partial charge in [0.25, 0.3) is 0 Å². The number of piperidine rings is 1. The van der Waals surface area contributed by atoms with Gasteiger partial charge in [0.15, 0.2) is 0 Å². The van der Waals surface area contributed by atoms with Crippen LogP contribution < -0.4 is 5.73 Å². The minimum Gasteiger partial charge on any atom is -0.478 e. The third kappa shape index (κ3) is 2.77. The Morgan fingerprint density at radius 2 is 2.00 bits per heavy atom. The van der Waals surface area contributed by atoms with Crippen LogP contribution in [-0.2, 0) is 6.54 Å². The summed E-state index contributed by atoms with van der Waals surface area (Å²) < 4.78 is 0. The summed E-state index contributed by atoms with van der Waals surface area (Å²) in [7, 11) is 0. The number of carboxylic acid groups (broad SMARTS) is 1. The molecule has 0 atom stereocenters. The number of carboxylic acids is 1. The Labute approximate surface area is 101 Å². The molecule has 1 aliphatic heterocycles. The monoisotopic (exact) mass is 234 g/mol. The van der Waals surface area contributed by atoms with E-state index >= 15 is 0 Å². The van der Waals surface area contributed by atoms with Gasteiger partial charge < -0.3 is 10.8 Å². The van der Waals surface area contributed by atoms with Crippen molar-refractivity contribution < 1.29 is 9.90 Å². The van der Waals surface area contributed by atoms with Gasteiger partial charge in [-0.3, -0.25) is 4.90 Å². The minimum atomic E-state index is -0.899. The molecule has 1 aliphatic rings. The molecule has 0 amide bonds. The number of aromatic carboxylic acids is 1. The molecule has 0 aliphatic carbocycles. The zero-order valence-corrected chi connectivity index (χ0v) is 9.85. The third-order valence-electron chi connectivity index (χ3n) is 3.27. The average Bonchev–Trinajstić information content (AvgIpc) is 2.33. The highest BCUT2D eigenvalue weighted by Crippen LogP contribution is 2.21. The fraction of sp³-hybridized carbons (Fsp3) is 0.462. The van der Waals surface area contributed by atoms with Gasteiger partial charge in [0.05, 0.1) is 5.56 Å². The number of hydrogen-bond donors (Lipinski definition) is 2. The van der Waals surface area contributed by atoms with E-state index in [2.05, 4.69) is 4.90 Å². The third-order valence-corrected chi connectivity index (χ3v) is 3.27. The normalized spacial score (nSPS) is 16.9. The van der Waals surface area contributed by atoms with E-state index in [0.717, 1.165) is 18.7 Å². The first-order chi connectivity index (χ1) is 8.18. The first-order valence-electron chi connectivity index (χ1n) is 6.01. The lowest BCUT2D eigenvalue weighted by Gasteiger charge is -2.27. The highest BCUT2D eigenvalue weighted by atomic mass is 16.4. The molecular formula is C13H18N2O2. The quantitative estimate of drug-likeness (QED) is 0.784. The molecule has 1 aromatic carbocycles. The fourth-order valence-electron chi connectivity index (χ4n) is 2.32. The van der Waals surface area contributed by atoms with Gasteiger partial charge in [0, 0.05) is 17.8 Å². The van der Waals surface area contributed by atoms with Crippen LogP contribution in [0.2, 0.25) is 0 Å². The predicted octanol–water partition coefficient (Wildman–Crippen LogP) is 1.95. The first kappa shape index (κ1) is 11.9. The second-order valence-corrected chi connectivity index (χ2v) is 4.52. The van der Waals surface area contributed by atoms with E-state index in [-0.39, 0.29) is 0 Å². The van der Waals surface area contributed by atoms with E-state index in [1.165, 1.54) is 19.3 Å². The number of nitrogen functional groups attached to an aromatic ring is 1. The molecule has 1 fully saturated rings. The summed E-state index contributed by atoms with van der Waals surface area (Å²) in [6, 6.07) is 5.09. The Morgan fingerprint density at radius 1 is 1.29 bits per heavy atom. The van der Waals surface area contributed by atoms with Crippen molar-refractivity contribution >= 4 is 11.7 Å². The van der Waals surface area contributed by atoms with Gasteiger partial charge in [-0.15, -0.1) is 0 Å². The first-order valence-corrected chi connectivity index (χ1v) is 6.01. The van der Waals surface area contributed by atoms with Crippen molar-refractivity contribution in [2.45, 2.75) is 25.8 Å². The van der Waals surface area contributed by atoms with Crippen molar-refractivity contribution in [1.29, 1.82) is 0 Å². The number of nitrogens with two attached hydrogens (primary N) is 1. The van der Waals surface area contributed by atoms with Crippen LogP contribution in [0.3, 0.4) is 0 Å². The van der Waals surface area contributed by atoms with Crippen molar-refractivity contribution in [3.63, 3.8) is 0 Å². The molecule has 17 heavy (non-hydrogen) atoms. The summed E-state index contributed by atoms with van der Waals surface area (Å²) in [6.07, 6.45) is 3.65. The number of rotatable bonds is 3. The fourth-order valence-corrected chi connectivity index (χ4v) is 2.32. The molecule has 1 aromatic rings. The number of nitrogens with zero attached hydrogens (tertiary/aromatic N) is 1. The standard InChI is InChI=1S/C13H18N2O2/c14-12-6-4-5-10(13(16)17)11(12)9-15-7-2-1-3-8-15/h4-6H,1-3,7-9,14H2,(H,16,17). The molecule has 0 spiro atoms. The number of carbonyl (C=O) groups is 1. The summed E-state index contributed by atoms with van der Waals surface area (Å²) in [6.45, 7) is 2.72. The Hall–Kier alpha value is -1.55. The van der Waals surface area contributed by atoms with E-state index in [1.807, 2.05) is 0 Å². The van der Waals surface area contributed by atoms with Gasteiger partial charge in [-0.05, 0) is 38.1 Å². The average molecular weight is 234 g/mol. The minimum absolute atomic E-state index is 0.329. The number of benzene rings is 1. The largest absolute Gasteiger partial charge is 0.478 e. The van der Waals surface area contributed by atoms with Crippen molar-refractivity contribution in [3.05, 3.63) is 29.3 Å². The number of likely N-dealkylation sites (tertiary alicyclic amines) is 1. The molecule has 0 saturated carbocycles. The Kier molecular flexibility index (Phi) is 3.64. The van der Waals surface area contributed by atoms with Crippen molar-refractivity contribution in [3.8, 4) is 0 Å². The molecule has 4 nitrogen and oxygen atoms in total.